The first-order chi connectivity index (χ1) is 19.8. The SMILES string of the molecule is C1CCOC1.O=c1c(O)c(-c2ccc(O)c(O)c2)oc2cc(O)cc(O)c12.c1cc(N=Nc2ccncc2)ccn1. The first-order valence-electron chi connectivity index (χ1n) is 12.4. The molecule has 0 atom stereocenters. The first kappa shape index (κ1) is 28.5. The summed E-state index contributed by atoms with van der Waals surface area (Å²) in [5.74, 6) is -2.71. The number of ether oxygens (including phenoxy) is 1. The highest BCUT2D eigenvalue weighted by Gasteiger charge is 2.19. The van der Waals surface area contributed by atoms with Crippen LogP contribution in [-0.2, 0) is 4.74 Å². The van der Waals surface area contributed by atoms with Crippen molar-refractivity contribution in [2.24, 2.45) is 10.2 Å². The Kier molecular flexibility index (Phi) is 9.41. The fraction of sp³-hybridized carbons (Fsp3) is 0.138. The maximum absolute atomic E-state index is 12.1. The van der Waals surface area contributed by atoms with Crippen LogP contribution in [0.2, 0.25) is 0 Å². The molecule has 0 bridgehead atoms. The lowest BCUT2D eigenvalue weighted by Gasteiger charge is -2.08. The second kappa shape index (κ2) is 13.5. The van der Waals surface area contributed by atoms with Gasteiger partial charge >= 0.3 is 0 Å². The number of phenolic OH excluding ortho intramolecular Hbond substituents is 4. The third-order valence-corrected chi connectivity index (χ3v) is 5.61. The highest BCUT2D eigenvalue weighted by Crippen LogP contribution is 2.37. The fourth-order valence-corrected chi connectivity index (χ4v) is 3.58. The number of hydrogen-bond donors (Lipinski definition) is 5. The van der Waals surface area contributed by atoms with Crippen LogP contribution in [0.25, 0.3) is 22.3 Å². The predicted molar refractivity (Wildman–Crippen MR) is 149 cm³/mol. The van der Waals surface area contributed by atoms with E-state index in [2.05, 4.69) is 20.2 Å². The van der Waals surface area contributed by atoms with Gasteiger partial charge in [-0.3, -0.25) is 14.8 Å². The smallest absolute Gasteiger partial charge is 0.238 e. The Balaban J connectivity index is 0.000000172. The van der Waals surface area contributed by atoms with E-state index in [-0.39, 0.29) is 33.8 Å². The normalized spacial score (nSPS) is 12.4. The van der Waals surface area contributed by atoms with E-state index in [1.807, 2.05) is 0 Å². The summed E-state index contributed by atoms with van der Waals surface area (Å²) in [6.07, 6.45) is 9.28. The van der Waals surface area contributed by atoms with Crippen LogP contribution in [0, 0.1) is 0 Å². The molecule has 5 N–H and O–H groups in total. The minimum Gasteiger partial charge on any atom is -0.508 e. The minimum atomic E-state index is -0.888. The number of phenols is 4. The Morgan fingerprint density at radius 2 is 1.27 bits per heavy atom. The van der Waals surface area contributed by atoms with Crippen LogP contribution in [0.3, 0.4) is 0 Å². The van der Waals surface area contributed by atoms with Gasteiger partial charge in [-0.25, -0.2) is 0 Å². The maximum atomic E-state index is 12.1. The van der Waals surface area contributed by atoms with Gasteiger partial charge in [0.2, 0.25) is 11.2 Å². The van der Waals surface area contributed by atoms with Crippen LogP contribution in [0.15, 0.2) is 98.8 Å². The zero-order valence-corrected chi connectivity index (χ0v) is 21.6. The molecule has 6 rings (SSSR count). The van der Waals surface area contributed by atoms with Crippen LogP contribution in [0.4, 0.5) is 11.4 Å². The van der Waals surface area contributed by atoms with Gasteiger partial charge in [0.15, 0.2) is 17.3 Å². The Morgan fingerprint density at radius 3 is 1.78 bits per heavy atom. The van der Waals surface area contributed by atoms with Crippen LogP contribution in [0.1, 0.15) is 12.8 Å². The third kappa shape index (κ3) is 7.55. The summed E-state index contributed by atoms with van der Waals surface area (Å²) in [6.45, 7) is 2.00. The molecule has 0 amide bonds. The van der Waals surface area contributed by atoms with Gasteiger partial charge in [0, 0.05) is 55.7 Å². The number of aromatic nitrogens is 2. The van der Waals surface area contributed by atoms with Crippen LogP contribution >= 0.6 is 0 Å². The molecule has 1 aliphatic rings. The molecule has 12 heteroatoms. The highest BCUT2D eigenvalue weighted by atomic mass is 16.5. The van der Waals surface area contributed by atoms with Gasteiger partial charge in [-0.05, 0) is 55.3 Å². The average molecular weight is 559 g/mol. The minimum absolute atomic E-state index is 0.134. The Morgan fingerprint density at radius 1 is 0.683 bits per heavy atom. The molecule has 2 aromatic carbocycles. The second-order valence-corrected chi connectivity index (χ2v) is 8.58. The predicted octanol–water partition coefficient (Wildman–Crippen LogP) is 5.68. The van der Waals surface area contributed by atoms with E-state index in [0.29, 0.717) is 0 Å². The largest absolute Gasteiger partial charge is 0.508 e. The van der Waals surface area contributed by atoms with E-state index in [1.165, 1.54) is 18.9 Å². The molecule has 5 aromatic rings. The van der Waals surface area contributed by atoms with Crippen molar-refractivity contribution in [2.45, 2.75) is 12.8 Å². The molecule has 0 aliphatic carbocycles. The number of nitrogens with zero attached hydrogens (tertiary/aromatic N) is 4. The summed E-state index contributed by atoms with van der Waals surface area (Å²) in [4.78, 5) is 19.9. The van der Waals surface area contributed by atoms with Crippen LogP contribution in [0.5, 0.6) is 28.7 Å². The molecule has 0 spiro atoms. The van der Waals surface area contributed by atoms with Gasteiger partial charge in [-0.2, -0.15) is 10.2 Å². The molecule has 1 aliphatic heterocycles. The monoisotopic (exact) mass is 558 g/mol. The molecular weight excluding hydrogens is 532 g/mol. The average Bonchev–Trinajstić information content (AvgIpc) is 3.57. The van der Waals surface area contributed by atoms with Crippen molar-refractivity contribution in [1.29, 1.82) is 0 Å². The maximum Gasteiger partial charge on any atom is 0.238 e. The molecule has 0 unspecified atom stereocenters. The fourth-order valence-electron chi connectivity index (χ4n) is 3.58. The molecule has 3 aromatic heterocycles. The van der Waals surface area contributed by atoms with Gasteiger partial charge in [0.25, 0.3) is 0 Å². The number of azo groups is 1. The Bertz CT molecular complexity index is 1640. The van der Waals surface area contributed by atoms with E-state index >= 15 is 0 Å². The van der Waals surface area contributed by atoms with E-state index in [4.69, 9.17) is 9.15 Å². The number of aromatic hydroxyl groups is 5. The third-order valence-electron chi connectivity index (χ3n) is 5.61. The van der Waals surface area contributed by atoms with E-state index < -0.39 is 22.7 Å². The summed E-state index contributed by atoms with van der Waals surface area (Å²) in [5.41, 5.74) is 0.687. The van der Waals surface area contributed by atoms with Gasteiger partial charge in [0.1, 0.15) is 22.5 Å². The van der Waals surface area contributed by atoms with Gasteiger partial charge in [0.05, 0.1) is 11.4 Å². The number of rotatable bonds is 3. The molecule has 4 heterocycles. The zero-order chi connectivity index (χ0) is 29.2. The number of fused-ring (bicyclic) bond motifs is 1. The Labute approximate surface area is 233 Å². The standard InChI is InChI=1S/C15H10O7.C10H8N4.C4H8O/c16-7-4-10(19)12-11(5-7)22-15(14(21)13(12)20)6-1-2-8(17)9(18)3-6;1-5-11-6-2-9(1)13-14-10-3-7-12-8-4-10;1-2-4-5-3-1/h1-5,16-19,21H;1-8H;1-4H2. The molecule has 1 fully saturated rings. The van der Waals surface area contributed by atoms with Gasteiger partial charge < -0.3 is 34.7 Å². The Hall–Kier alpha value is -5.49. The van der Waals surface area contributed by atoms with E-state index in [0.717, 1.165) is 48.9 Å². The zero-order valence-electron chi connectivity index (χ0n) is 21.6. The van der Waals surface area contributed by atoms with Crippen molar-refractivity contribution >= 4 is 22.3 Å². The van der Waals surface area contributed by atoms with Crippen molar-refractivity contribution in [1.82, 2.24) is 9.97 Å². The lowest BCUT2D eigenvalue weighted by Crippen LogP contribution is -2.02. The number of benzene rings is 2. The van der Waals surface area contributed by atoms with Crippen molar-refractivity contribution in [2.75, 3.05) is 13.2 Å². The van der Waals surface area contributed by atoms with Crippen LogP contribution < -0.4 is 5.43 Å². The van der Waals surface area contributed by atoms with E-state index in [9.17, 15) is 30.3 Å². The van der Waals surface area contributed by atoms with Crippen molar-refractivity contribution in [3.05, 3.63) is 89.6 Å². The van der Waals surface area contributed by atoms with Crippen molar-refractivity contribution < 1.29 is 34.7 Å². The topological polar surface area (TPSA) is 191 Å². The molecule has 12 nitrogen and oxygen atoms in total. The van der Waals surface area contributed by atoms with Crippen LogP contribution in [-0.4, -0.2) is 48.7 Å². The first-order valence-corrected chi connectivity index (χ1v) is 12.4. The van der Waals surface area contributed by atoms with Crippen molar-refractivity contribution in [3.8, 4) is 40.1 Å². The number of pyridine rings is 2. The quantitative estimate of drug-likeness (QED) is 0.136. The lowest BCUT2D eigenvalue weighted by molar-refractivity contribution is 0.198. The molecule has 1 saturated heterocycles. The molecule has 0 radical (unpaired) electrons. The highest BCUT2D eigenvalue weighted by molar-refractivity contribution is 5.88. The van der Waals surface area contributed by atoms with Gasteiger partial charge in [-0.1, -0.05) is 0 Å². The van der Waals surface area contributed by atoms with E-state index in [1.54, 1.807) is 49.1 Å². The summed E-state index contributed by atoms with van der Waals surface area (Å²) >= 11 is 0. The molecule has 41 heavy (non-hydrogen) atoms. The van der Waals surface area contributed by atoms with Gasteiger partial charge in [-0.15, -0.1) is 0 Å². The number of hydrogen-bond acceptors (Lipinski definition) is 12. The molecular formula is C29H26N4O8. The van der Waals surface area contributed by atoms with Crippen molar-refractivity contribution in [3.63, 3.8) is 0 Å². The summed E-state index contributed by atoms with van der Waals surface area (Å²) in [6, 6.07) is 12.8. The molecule has 210 valence electrons. The summed E-state index contributed by atoms with van der Waals surface area (Å²) in [5, 5.41) is 55.7. The lowest BCUT2D eigenvalue weighted by atomic mass is 10.1. The molecule has 0 saturated carbocycles. The summed E-state index contributed by atoms with van der Waals surface area (Å²) < 4.78 is 10.3. The second-order valence-electron chi connectivity index (χ2n) is 8.58. The summed E-state index contributed by atoms with van der Waals surface area (Å²) in [7, 11) is 0.